The topological polar surface area (TPSA) is 117 Å². The van der Waals surface area contributed by atoms with Crippen molar-refractivity contribution < 1.29 is 27.5 Å². The lowest BCUT2D eigenvalue weighted by Gasteiger charge is -2.24. The van der Waals surface area contributed by atoms with Gasteiger partial charge in [0.1, 0.15) is 6.04 Å². The Morgan fingerprint density at radius 1 is 1.15 bits per heavy atom. The molecule has 1 aromatic heterocycles. The van der Waals surface area contributed by atoms with Gasteiger partial charge in [-0.2, -0.15) is 4.31 Å². The Morgan fingerprint density at radius 3 is 2.56 bits per heavy atom. The highest BCUT2D eigenvalue weighted by Crippen LogP contribution is 2.28. The third kappa shape index (κ3) is 4.52. The Morgan fingerprint density at radius 2 is 1.89 bits per heavy atom. The number of sulfonamides is 1. The maximum absolute atomic E-state index is 12.8. The van der Waals surface area contributed by atoms with Gasteiger partial charge in [0.05, 0.1) is 0 Å². The Hall–Kier alpha value is -1.87. The number of nitrogens with zero attached hydrogens (tertiary/aromatic N) is 1. The number of carbonyl (C=O) groups is 2. The predicted octanol–water partition coefficient (Wildman–Crippen LogP) is 2.22. The number of aromatic carboxylic acids is 1. The summed E-state index contributed by atoms with van der Waals surface area (Å²) in [6.45, 7) is 0.768. The van der Waals surface area contributed by atoms with Crippen molar-refractivity contribution >= 4 is 21.9 Å². The maximum Gasteiger partial charge on any atom is 0.371 e. The number of hydrogen-bond acceptors (Lipinski definition) is 5. The third-order valence-corrected chi connectivity index (χ3v) is 7.22. The van der Waals surface area contributed by atoms with Crippen LogP contribution >= 0.6 is 0 Å². The van der Waals surface area contributed by atoms with Gasteiger partial charge in [0.2, 0.25) is 16.8 Å². The Kier molecular flexibility index (Phi) is 6.21. The molecule has 1 saturated carbocycles. The third-order valence-electron chi connectivity index (χ3n) is 5.44. The molecule has 2 heterocycles. The molecule has 1 saturated heterocycles. The lowest BCUT2D eigenvalue weighted by Crippen LogP contribution is -2.46. The van der Waals surface area contributed by atoms with Crippen LogP contribution < -0.4 is 5.32 Å². The zero-order valence-electron chi connectivity index (χ0n) is 15.2. The van der Waals surface area contributed by atoms with Gasteiger partial charge in [-0.3, -0.25) is 4.79 Å². The van der Waals surface area contributed by atoms with Crippen molar-refractivity contribution in [3.05, 3.63) is 17.9 Å². The first-order valence-corrected chi connectivity index (χ1v) is 11.0. The summed E-state index contributed by atoms with van der Waals surface area (Å²) in [5.74, 6) is -1.44. The van der Waals surface area contributed by atoms with Gasteiger partial charge in [0.15, 0.2) is 0 Å². The van der Waals surface area contributed by atoms with E-state index in [0.29, 0.717) is 25.3 Å². The highest BCUT2D eigenvalue weighted by atomic mass is 32.2. The zero-order valence-corrected chi connectivity index (χ0v) is 16.0. The van der Waals surface area contributed by atoms with E-state index in [2.05, 4.69) is 5.32 Å². The fraction of sp³-hybridized carbons (Fsp3) is 0.667. The summed E-state index contributed by atoms with van der Waals surface area (Å²) in [5.41, 5.74) is 0. The maximum atomic E-state index is 12.8. The molecule has 3 rings (SSSR count). The Bertz CT molecular complexity index is 782. The summed E-state index contributed by atoms with van der Waals surface area (Å²) >= 11 is 0. The second kappa shape index (κ2) is 8.43. The second-order valence-electron chi connectivity index (χ2n) is 7.28. The van der Waals surface area contributed by atoms with Crippen molar-refractivity contribution in [2.75, 3.05) is 13.1 Å². The van der Waals surface area contributed by atoms with Gasteiger partial charge in [-0.25, -0.2) is 13.2 Å². The largest absolute Gasteiger partial charge is 0.475 e. The van der Waals surface area contributed by atoms with Crippen LogP contribution in [0.3, 0.4) is 0 Å². The van der Waals surface area contributed by atoms with Gasteiger partial charge < -0.3 is 14.8 Å². The van der Waals surface area contributed by atoms with E-state index in [1.807, 2.05) is 0 Å². The summed E-state index contributed by atoms with van der Waals surface area (Å²) in [6.07, 6.45) is 8.12. The first-order valence-electron chi connectivity index (χ1n) is 9.52. The van der Waals surface area contributed by atoms with Crippen LogP contribution in [0, 0.1) is 5.92 Å². The van der Waals surface area contributed by atoms with Crippen molar-refractivity contribution in [1.29, 1.82) is 0 Å². The molecule has 1 atom stereocenters. The number of hydrogen-bond donors (Lipinski definition) is 2. The van der Waals surface area contributed by atoms with E-state index in [1.165, 1.54) is 32.1 Å². The van der Waals surface area contributed by atoms with Crippen LogP contribution in [0.5, 0.6) is 0 Å². The molecule has 1 aliphatic carbocycles. The molecular weight excluding hydrogens is 372 g/mol. The van der Waals surface area contributed by atoms with E-state index >= 15 is 0 Å². The molecule has 2 aliphatic rings. The van der Waals surface area contributed by atoms with Crippen LogP contribution in [0.4, 0.5) is 0 Å². The minimum absolute atomic E-state index is 0.214. The van der Waals surface area contributed by atoms with Crippen molar-refractivity contribution in [1.82, 2.24) is 9.62 Å². The van der Waals surface area contributed by atoms with Gasteiger partial charge in [0, 0.05) is 13.1 Å². The van der Waals surface area contributed by atoms with Crippen molar-refractivity contribution in [3.63, 3.8) is 0 Å². The lowest BCUT2D eigenvalue weighted by molar-refractivity contribution is -0.124. The Labute approximate surface area is 159 Å². The molecule has 2 fully saturated rings. The number of carboxylic acids is 1. The summed E-state index contributed by atoms with van der Waals surface area (Å²) in [7, 11) is -4.05. The van der Waals surface area contributed by atoms with Crippen LogP contribution in [-0.4, -0.2) is 48.8 Å². The lowest BCUT2D eigenvalue weighted by atomic mass is 9.87. The van der Waals surface area contributed by atoms with E-state index in [9.17, 15) is 18.0 Å². The van der Waals surface area contributed by atoms with E-state index in [1.54, 1.807) is 0 Å². The van der Waals surface area contributed by atoms with Crippen molar-refractivity contribution in [2.45, 2.75) is 62.5 Å². The van der Waals surface area contributed by atoms with Crippen LogP contribution in [-0.2, 0) is 14.8 Å². The van der Waals surface area contributed by atoms with Crippen LogP contribution in [0.15, 0.2) is 21.6 Å². The van der Waals surface area contributed by atoms with Gasteiger partial charge in [-0.1, -0.05) is 32.1 Å². The highest BCUT2D eigenvalue weighted by molar-refractivity contribution is 7.89. The number of carboxylic acid groups (broad SMARTS) is 1. The number of nitrogens with one attached hydrogen (secondary N) is 1. The molecule has 0 bridgehead atoms. The molecule has 2 N–H and O–H groups in total. The molecule has 9 heteroatoms. The SMILES string of the molecule is O=C(O)c1ccc(S(=O)(=O)N2CCCC2C(=O)NCCC2CCCCC2)o1. The fourth-order valence-corrected chi connectivity index (χ4v) is 5.54. The molecule has 150 valence electrons. The second-order valence-corrected chi connectivity index (χ2v) is 9.10. The minimum atomic E-state index is -4.05. The molecule has 1 aliphatic heterocycles. The summed E-state index contributed by atoms with van der Waals surface area (Å²) in [6, 6.07) is 1.44. The number of furan rings is 1. The van der Waals surface area contributed by atoms with Crippen LogP contribution in [0.25, 0.3) is 0 Å². The van der Waals surface area contributed by atoms with Crippen LogP contribution in [0.2, 0.25) is 0 Å². The summed E-state index contributed by atoms with van der Waals surface area (Å²) in [4.78, 5) is 23.5. The highest BCUT2D eigenvalue weighted by Gasteiger charge is 2.41. The number of rotatable bonds is 7. The van der Waals surface area contributed by atoms with Crippen LogP contribution in [0.1, 0.15) is 61.9 Å². The molecule has 0 aromatic carbocycles. The van der Waals surface area contributed by atoms with E-state index in [4.69, 9.17) is 9.52 Å². The van der Waals surface area contributed by atoms with Gasteiger partial charge >= 0.3 is 5.97 Å². The normalized spacial score (nSPS) is 22.0. The van der Waals surface area contributed by atoms with Gasteiger partial charge in [-0.15, -0.1) is 0 Å². The van der Waals surface area contributed by atoms with Gasteiger partial charge in [-0.05, 0) is 37.3 Å². The smallest absolute Gasteiger partial charge is 0.371 e. The molecular formula is C18H26N2O6S. The summed E-state index contributed by atoms with van der Waals surface area (Å²) < 4.78 is 31.6. The molecule has 0 spiro atoms. The molecule has 1 aromatic rings. The fourth-order valence-electron chi connectivity index (χ4n) is 3.97. The molecule has 1 unspecified atom stereocenters. The standard InChI is InChI=1S/C18H26N2O6S/c21-17(19-11-10-13-5-2-1-3-6-13)14-7-4-12-20(14)27(24,25)16-9-8-15(26-16)18(22)23/h8-9,13-14H,1-7,10-12H2,(H,19,21)(H,22,23). The van der Waals surface area contributed by atoms with Crippen molar-refractivity contribution in [2.24, 2.45) is 5.92 Å². The minimum Gasteiger partial charge on any atom is -0.475 e. The zero-order chi connectivity index (χ0) is 19.4. The quantitative estimate of drug-likeness (QED) is 0.727. The monoisotopic (exact) mass is 398 g/mol. The number of amides is 1. The van der Waals surface area contributed by atoms with E-state index < -0.39 is 32.9 Å². The van der Waals surface area contributed by atoms with Gasteiger partial charge in [0.25, 0.3) is 10.0 Å². The molecule has 0 radical (unpaired) electrons. The molecule has 1 amide bonds. The first kappa shape index (κ1) is 19.9. The molecule has 8 nitrogen and oxygen atoms in total. The predicted molar refractivity (Wildman–Crippen MR) is 96.8 cm³/mol. The van der Waals surface area contributed by atoms with E-state index in [0.717, 1.165) is 22.9 Å². The average molecular weight is 398 g/mol. The van der Waals surface area contributed by atoms with Crippen molar-refractivity contribution in [3.8, 4) is 0 Å². The number of carbonyl (C=O) groups excluding carboxylic acids is 1. The Balaban J connectivity index is 1.61. The molecule has 27 heavy (non-hydrogen) atoms. The van der Waals surface area contributed by atoms with E-state index in [-0.39, 0.29) is 12.5 Å². The first-order chi connectivity index (χ1) is 12.9. The summed E-state index contributed by atoms with van der Waals surface area (Å²) in [5, 5.41) is 11.3. The average Bonchev–Trinajstić information content (AvgIpc) is 3.33.